The van der Waals surface area contributed by atoms with Crippen molar-refractivity contribution < 1.29 is 9.47 Å². The summed E-state index contributed by atoms with van der Waals surface area (Å²) in [7, 11) is 3.27. The molecule has 1 aromatic heterocycles. The highest BCUT2D eigenvalue weighted by atomic mass is 32.2. The minimum atomic E-state index is 0.660. The molecule has 0 radical (unpaired) electrons. The van der Waals surface area contributed by atoms with Crippen LogP contribution in [0.1, 0.15) is 16.7 Å². The second-order valence-corrected chi connectivity index (χ2v) is 8.27. The Morgan fingerprint density at radius 2 is 1.55 bits per heavy atom. The summed E-state index contributed by atoms with van der Waals surface area (Å²) in [5.74, 6) is 2.92. The Bertz CT molecular complexity index is 1200. The van der Waals surface area contributed by atoms with Crippen LogP contribution in [0.5, 0.6) is 11.5 Å². The second kappa shape index (κ2) is 9.27. The van der Waals surface area contributed by atoms with Gasteiger partial charge in [0.15, 0.2) is 22.5 Å². The van der Waals surface area contributed by atoms with Crippen LogP contribution in [0.2, 0.25) is 0 Å². The Kier molecular flexibility index (Phi) is 6.28. The summed E-state index contributed by atoms with van der Waals surface area (Å²) in [6.45, 7) is 4.20. The van der Waals surface area contributed by atoms with E-state index >= 15 is 0 Å². The first-order chi connectivity index (χ1) is 15.1. The molecule has 0 bridgehead atoms. The summed E-state index contributed by atoms with van der Waals surface area (Å²) >= 11 is 1.68. The summed E-state index contributed by atoms with van der Waals surface area (Å²) in [6, 6.07) is 22.7. The molecule has 0 N–H and O–H groups in total. The van der Waals surface area contributed by atoms with Crippen molar-refractivity contribution in [3.63, 3.8) is 0 Å². The van der Waals surface area contributed by atoms with Gasteiger partial charge < -0.3 is 9.47 Å². The minimum absolute atomic E-state index is 0.660. The van der Waals surface area contributed by atoms with Crippen molar-refractivity contribution >= 4 is 11.8 Å². The summed E-state index contributed by atoms with van der Waals surface area (Å²) < 4.78 is 13.0. The maximum Gasteiger partial charge on any atom is 0.196 e. The van der Waals surface area contributed by atoms with E-state index in [9.17, 15) is 0 Å². The first kappa shape index (κ1) is 21.0. The van der Waals surface area contributed by atoms with Gasteiger partial charge in [0.05, 0.1) is 14.2 Å². The molecule has 31 heavy (non-hydrogen) atoms. The van der Waals surface area contributed by atoms with Gasteiger partial charge in [-0.25, -0.2) is 0 Å². The maximum atomic E-state index is 5.50. The number of hydrogen-bond donors (Lipinski definition) is 0. The van der Waals surface area contributed by atoms with Gasteiger partial charge in [-0.15, -0.1) is 10.2 Å². The van der Waals surface area contributed by atoms with Crippen molar-refractivity contribution in [2.75, 3.05) is 14.2 Å². The van der Waals surface area contributed by atoms with E-state index in [-0.39, 0.29) is 0 Å². The van der Waals surface area contributed by atoms with Crippen LogP contribution in [0.4, 0.5) is 0 Å². The van der Waals surface area contributed by atoms with E-state index in [2.05, 4.69) is 77.1 Å². The highest BCUT2D eigenvalue weighted by Gasteiger charge is 2.18. The standard InChI is InChI=1S/C25H25N3O2S/c1-17-7-5-9-19(13-17)16-31-25-27-26-24(28(25)21-10-6-8-18(2)14-21)20-11-12-22(29-3)23(15-20)30-4/h5-15H,16H2,1-4H3. The average molecular weight is 432 g/mol. The molecule has 0 aliphatic carbocycles. The zero-order valence-electron chi connectivity index (χ0n) is 18.1. The van der Waals surface area contributed by atoms with E-state index in [1.54, 1.807) is 26.0 Å². The van der Waals surface area contributed by atoms with Crippen LogP contribution in [0.25, 0.3) is 17.1 Å². The Morgan fingerprint density at radius 3 is 2.26 bits per heavy atom. The molecule has 6 heteroatoms. The van der Waals surface area contributed by atoms with Gasteiger partial charge in [0, 0.05) is 17.0 Å². The van der Waals surface area contributed by atoms with Crippen molar-refractivity contribution in [3.05, 3.63) is 83.4 Å². The third kappa shape index (κ3) is 4.59. The van der Waals surface area contributed by atoms with E-state index in [1.807, 2.05) is 18.2 Å². The summed E-state index contributed by atoms with van der Waals surface area (Å²) in [4.78, 5) is 0. The van der Waals surface area contributed by atoms with Gasteiger partial charge in [-0.05, 0) is 55.3 Å². The van der Waals surface area contributed by atoms with E-state index in [0.717, 1.165) is 28.0 Å². The Balaban J connectivity index is 1.77. The van der Waals surface area contributed by atoms with Crippen LogP contribution in [0.3, 0.4) is 0 Å². The van der Waals surface area contributed by atoms with Crippen molar-refractivity contribution in [3.8, 4) is 28.6 Å². The number of aromatic nitrogens is 3. The maximum absolute atomic E-state index is 5.50. The third-order valence-corrected chi connectivity index (χ3v) is 5.99. The Labute approximate surface area is 187 Å². The Morgan fingerprint density at radius 1 is 0.806 bits per heavy atom. The minimum Gasteiger partial charge on any atom is -0.493 e. The monoisotopic (exact) mass is 431 g/mol. The van der Waals surface area contributed by atoms with Gasteiger partial charge in [0.25, 0.3) is 0 Å². The lowest BCUT2D eigenvalue weighted by atomic mass is 10.1. The quantitative estimate of drug-likeness (QED) is 0.343. The predicted octanol–water partition coefficient (Wildman–Crippen LogP) is 5.86. The molecular weight excluding hydrogens is 406 g/mol. The SMILES string of the molecule is COc1ccc(-c2nnc(SCc3cccc(C)c3)n2-c2cccc(C)c2)cc1OC. The molecule has 0 aliphatic rings. The molecule has 0 amide bonds. The number of ether oxygens (including phenoxy) is 2. The highest BCUT2D eigenvalue weighted by molar-refractivity contribution is 7.98. The number of aryl methyl sites for hydroxylation is 2. The van der Waals surface area contributed by atoms with Crippen LogP contribution >= 0.6 is 11.8 Å². The van der Waals surface area contributed by atoms with Gasteiger partial charge >= 0.3 is 0 Å². The first-order valence-electron chi connectivity index (χ1n) is 10.0. The van der Waals surface area contributed by atoms with E-state index < -0.39 is 0 Å². The zero-order valence-corrected chi connectivity index (χ0v) is 18.9. The summed E-state index contributed by atoms with van der Waals surface area (Å²) in [5, 5.41) is 9.93. The molecule has 1 heterocycles. The molecule has 4 rings (SSSR count). The smallest absolute Gasteiger partial charge is 0.196 e. The molecule has 3 aromatic carbocycles. The molecular formula is C25H25N3O2S. The number of nitrogens with zero attached hydrogens (tertiary/aromatic N) is 3. The van der Waals surface area contributed by atoms with Gasteiger partial charge in [-0.3, -0.25) is 4.57 Å². The molecule has 0 fully saturated rings. The second-order valence-electron chi connectivity index (χ2n) is 7.33. The number of hydrogen-bond acceptors (Lipinski definition) is 5. The van der Waals surface area contributed by atoms with Crippen LogP contribution in [-0.4, -0.2) is 29.0 Å². The van der Waals surface area contributed by atoms with Crippen molar-refractivity contribution in [1.29, 1.82) is 0 Å². The van der Waals surface area contributed by atoms with Crippen LogP contribution < -0.4 is 9.47 Å². The molecule has 158 valence electrons. The third-order valence-electron chi connectivity index (χ3n) is 4.99. The largest absolute Gasteiger partial charge is 0.493 e. The molecule has 0 saturated carbocycles. The van der Waals surface area contributed by atoms with E-state index in [4.69, 9.17) is 9.47 Å². The first-order valence-corrected chi connectivity index (χ1v) is 11.0. The highest BCUT2D eigenvalue weighted by Crippen LogP contribution is 2.35. The van der Waals surface area contributed by atoms with Gasteiger partial charge in [0.1, 0.15) is 0 Å². The van der Waals surface area contributed by atoms with Crippen molar-refractivity contribution in [2.24, 2.45) is 0 Å². The molecule has 5 nitrogen and oxygen atoms in total. The predicted molar refractivity (Wildman–Crippen MR) is 125 cm³/mol. The van der Waals surface area contributed by atoms with Gasteiger partial charge in [-0.1, -0.05) is 53.7 Å². The number of thioether (sulfide) groups is 1. The lowest BCUT2D eigenvalue weighted by Gasteiger charge is -2.13. The topological polar surface area (TPSA) is 49.2 Å². The molecule has 0 saturated heterocycles. The van der Waals surface area contributed by atoms with Crippen molar-refractivity contribution in [2.45, 2.75) is 24.8 Å². The number of rotatable bonds is 7. The fourth-order valence-electron chi connectivity index (χ4n) is 3.48. The zero-order chi connectivity index (χ0) is 21.8. The lowest BCUT2D eigenvalue weighted by molar-refractivity contribution is 0.355. The van der Waals surface area contributed by atoms with Gasteiger partial charge in [-0.2, -0.15) is 0 Å². The van der Waals surface area contributed by atoms with Crippen LogP contribution in [0, 0.1) is 13.8 Å². The van der Waals surface area contributed by atoms with Crippen LogP contribution in [0.15, 0.2) is 71.9 Å². The Hall–Kier alpha value is -3.25. The van der Waals surface area contributed by atoms with E-state index in [1.165, 1.54) is 16.7 Å². The van der Waals surface area contributed by atoms with Crippen molar-refractivity contribution in [1.82, 2.24) is 14.8 Å². The fourth-order valence-corrected chi connectivity index (χ4v) is 4.37. The molecule has 0 unspecified atom stereocenters. The number of methoxy groups -OCH3 is 2. The average Bonchev–Trinajstić information content (AvgIpc) is 3.21. The fraction of sp³-hybridized carbons (Fsp3) is 0.200. The van der Waals surface area contributed by atoms with Crippen LogP contribution in [-0.2, 0) is 5.75 Å². The normalized spacial score (nSPS) is 10.8. The van der Waals surface area contributed by atoms with Gasteiger partial charge in [0.2, 0.25) is 0 Å². The molecule has 0 spiro atoms. The lowest BCUT2D eigenvalue weighted by Crippen LogP contribution is -2.01. The molecule has 4 aromatic rings. The summed E-state index contributed by atoms with van der Waals surface area (Å²) in [5.41, 5.74) is 5.63. The van der Waals surface area contributed by atoms with E-state index in [0.29, 0.717) is 11.5 Å². The number of benzene rings is 3. The molecule has 0 aliphatic heterocycles. The summed E-state index contributed by atoms with van der Waals surface area (Å²) in [6.07, 6.45) is 0. The molecule has 0 atom stereocenters.